The largest absolute Gasteiger partial charge is 0.103 e. The molecule has 51 heavy (non-hydrogen) atoms. The molecule has 0 aliphatic heterocycles. The summed E-state index contributed by atoms with van der Waals surface area (Å²) in [5.74, 6) is 16.3. The summed E-state index contributed by atoms with van der Waals surface area (Å²) in [4.78, 5) is 0. The van der Waals surface area contributed by atoms with E-state index in [1.165, 1.54) is 51.4 Å². The van der Waals surface area contributed by atoms with Crippen molar-refractivity contribution >= 4 is 0 Å². The van der Waals surface area contributed by atoms with Crippen LogP contribution in [-0.2, 0) is 0 Å². The zero-order chi connectivity index (χ0) is 35.2. The van der Waals surface area contributed by atoms with Gasteiger partial charge in [-0.2, -0.15) is 0 Å². The zero-order valence-corrected chi connectivity index (χ0v) is 32.7. The lowest BCUT2D eigenvalue weighted by Gasteiger charge is -2.39. The average Bonchev–Trinajstić information content (AvgIpc) is 3.98. The second-order valence-corrected chi connectivity index (χ2v) is 18.7. The molecule has 8 aliphatic carbocycles. The van der Waals surface area contributed by atoms with Crippen LogP contribution in [0.15, 0.2) is 110 Å². The van der Waals surface area contributed by atoms with E-state index in [-0.39, 0.29) is 0 Å². The third-order valence-electron chi connectivity index (χ3n) is 17.0. The minimum absolute atomic E-state index is 0.620. The highest BCUT2D eigenvalue weighted by atomic mass is 14.7. The molecule has 7 saturated carbocycles. The van der Waals surface area contributed by atoms with Crippen LogP contribution in [0.3, 0.4) is 0 Å². The van der Waals surface area contributed by atoms with Gasteiger partial charge in [0.1, 0.15) is 0 Å². The quantitative estimate of drug-likeness (QED) is 0.180. The summed E-state index contributed by atoms with van der Waals surface area (Å²) >= 11 is 0. The normalized spacial score (nSPS) is 51.2. The summed E-state index contributed by atoms with van der Waals surface area (Å²) < 4.78 is 0. The molecular weight excluding hydrogens is 613 g/mol. The number of hydrogen-bond acceptors (Lipinski definition) is 0. The van der Waals surface area contributed by atoms with E-state index in [1.54, 1.807) is 0 Å². The fraction of sp³-hybridized carbons (Fsp3) is 0.647. The van der Waals surface area contributed by atoms with Gasteiger partial charge < -0.3 is 0 Å². The molecule has 0 saturated heterocycles. The van der Waals surface area contributed by atoms with Crippen LogP contribution in [-0.4, -0.2) is 0 Å². The van der Waals surface area contributed by atoms with Crippen molar-refractivity contribution < 1.29 is 0 Å². The first-order valence-corrected chi connectivity index (χ1v) is 21.8. The van der Waals surface area contributed by atoms with Gasteiger partial charge in [0.25, 0.3) is 0 Å². The molecule has 0 heteroatoms. The Morgan fingerprint density at radius 1 is 0.471 bits per heavy atom. The Bertz CT molecular complexity index is 1470. The Hall–Kier alpha value is -2.34. The van der Waals surface area contributed by atoms with Gasteiger partial charge in [-0.15, -0.1) is 6.58 Å². The molecule has 20 unspecified atom stereocenters. The third-order valence-corrected chi connectivity index (χ3v) is 17.0. The van der Waals surface area contributed by atoms with Crippen molar-refractivity contribution in [2.24, 2.45) is 118 Å². The highest BCUT2D eigenvalue weighted by Crippen LogP contribution is 2.70. The van der Waals surface area contributed by atoms with Crippen LogP contribution in [0.2, 0.25) is 0 Å². The van der Waals surface area contributed by atoms with Crippen molar-refractivity contribution in [3.05, 3.63) is 110 Å². The van der Waals surface area contributed by atoms with E-state index in [4.69, 9.17) is 0 Å². The molecule has 0 aromatic carbocycles. The highest BCUT2D eigenvalue weighted by Gasteiger charge is 2.64. The summed E-state index contributed by atoms with van der Waals surface area (Å²) in [6, 6.07) is 0. The standard InChI is InChI=1S/C51H70/c1-7-13-19-39-32(12-6)27-33(38(39)17-10-4)23-24-35-29-37(51-47-31-46(50(35)51)42-21-15-22-43(42)47)26-25-36-28-34(16-9-3)48-44-30-45(49(36)48)41(20-14-8-2)40(44)18-11-5/h7-18,21,23-26,32-51H,6,19-20,22,27-31H2,1-5H3/b13-7-,14-8-,16-9+,17-10+,18-11+,24-23+,26-25+. The van der Waals surface area contributed by atoms with Gasteiger partial charge in [-0.3, -0.25) is 0 Å². The molecule has 0 heterocycles. The Labute approximate surface area is 313 Å². The SMILES string of the molecule is C=CC1CC(/C=C/C2CC(/C=C/C3CC(/C=C/C)C4C5CC(C(C/C=C\C)C5/C=C/C)C34)C3C4CC(C5C=CCC54)C23)C(/C=C/C)C1C/C=C\C. The molecule has 0 N–H and O–H groups in total. The first kappa shape index (κ1) is 35.7. The van der Waals surface area contributed by atoms with Crippen molar-refractivity contribution in [3.8, 4) is 0 Å². The second kappa shape index (κ2) is 15.2. The summed E-state index contributed by atoms with van der Waals surface area (Å²) in [5.41, 5.74) is 0. The summed E-state index contributed by atoms with van der Waals surface area (Å²) in [6.45, 7) is 15.4. The number of allylic oxidation sites excluding steroid dienone is 17. The van der Waals surface area contributed by atoms with Gasteiger partial charge in [0, 0.05) is 0 Å². The third kappa shape index (κ3) is 6.00. The van der Waals surface area contributed by atoms with Crippen LogP contribution < -0.4 is 0 Å². The Morgan fingerprint density at radius 3 is 1.65 bits per heavy atom. The maximum atomic E-state index is 4.31. The lowest BCUT2D eigenvalue weighted by molar-refractivity contribution is 0.118. The van der Waals surface area contributed by atoms with Crippen LogP contribution in [0, 0.1) is 118 Å². The van der Waals surface area contributed by atoms with Crippen molar-refractivity contribution in [2.45, 2.75) is 86.0 Å². The van der Waals surface area contributed by atoms with E-state index >= 15 is 0 Å². The highest BCUT2D eigenvalue weighted by molar-refractivity contribution is 5.25. The monoisotopic (exact) mass is 683 g/mol. The molecule has 0 nitrogen and oxygen atoms in total. The van der Waals surface area contributed by atoms with Gasteiger partial charge in [-0.25, -0.2) is 0 Å². The van der Waals surface area contributed by atoms with E-state index in [0.717, 1.165) is 94.7 Å². The second-order valence-electron chi connectivity index (χ2n) is 18.7. The maximum absolute atomic E-state index is 4.31. The molecule has 20 atom stereocenters. The summed E-state index contributed by atoms with van der Waals surface area (Å²) in [6.07, 6.45) is 53.9. The molecule has 8 rings (SSSR count). The maximum Gasteiger partial charge on any atom is -0.0133 e. The molecule has 0 spiro atoms. The van der Waals surface area contributed by atoms with Gasteiger partial charge in [0.05, 0.1) is 0 Å². The van der Waals surface area contributed by atoms with Gasteiger partial charge in [0.15, 0.2) is 0 Å². The Morgan fingerprint density at radius 2 is 1.00 bits per heavy atom. The Kier molecular flexibility index (Phi) is 10.6. The van der Waals surface area contributed by atoms with Crippen molar-refractivity contribution in [1.29, 1.82) is 0 Å². The minimum Gasteiger partial charge on any atom is -0.103 e. The predicted octanol–water partition coefficient (Wildman–Crippen LogP) is 13.3. The molecule has 8 aliphatic rings. The van der Waals surface area contributed by atoms with Gasteiger partial charge >= 0.3 is 0 Å². The predicted molar refractivity (Wildman–Crippen MR) is 218 cm³/mol. The van der Waals surface area contributed by atoms with Gasteiger partial charge in [-0.05, 0) is 204 Å². The lowest BCUT2D eigenvalue weighted by Crippen LogP contribution is -2.35. The van der Waals surface area contributed by atoms with Gasteiger partial charge in [-0.1, -0.05) is 103 Å². The van der Waals surface area contributed by atoms with Gasteiger partial charge in [0.2, 0.25) is 0 Å². The average molecular weight is 683 g/mol. The van der Waals surface area contributed by atoms with E-state index in [0.29, 0.717) is 23.7 Å². The lowest BCUT2D eigenvalue weighted by atomic mass is 9.65. The summed E-state index contributed by atoms with van der Waals surface area (Å²) in [5, 5.41) is 0. The smallest absolute Gasteiger partial charge is 0.0133 e. The summed E-state index contributed by atoms with van der Waals surface area (Å²) in [7, 11) is 0. The fourth-order valence-corrected chi connectivity index (χ4v) is 15.7. The van der Waals surface area contributed by atoms with Crippen molar-refractivity contribution in [3.63, 3.8) is 0 Å². The van der Waals surface area contributed by atoms with Crippen molar-refractivity contribution in [2.75, 3.05) is 0 Å². The van der Waals surface area contributed by atoms with Crippen LogP contribution >= 0.6 is 0 Å². The van der Waals surface area contributed by atoms with Crippen LogP contribution in [0.25, 0.3) is 0 Å². The minimum atomic E-state index is 0.620. The van der Waals surface area contributed by atoms with Crippen molar-refractivity contribution in [1.82, 2.24) is 0 Å². The molecule has 274 valence electrons. The van der Waals surface area contributed by atoms with E-state index in [9.17, 15) is 0 Å². The Balaban J connectivity index is 1.05. The molecule has 7 fully saturated rings. The van der Waals surface area contributed by atoms with Crippen LogP contribution in [0.5, 0.6) is 0 Å². The topological polar surface area (TPSA) is 0 Å². The number of rotatable bonds is 12. The molecule has 0 aromatic heterocycles. The molecule has 4 bridgehead atoms. The molecular formula is C51H70. The number of hydrogen-bond donors (Lipinski definition) is 0. The molecule has 0 amide bonds. The fourth-order valence-electron chi connectivity index (χ4n) is 15.7. The van der Waals surface area contributed by atoms with E-state index < -0.39 is 0 Å². The van der Waals surface area contributed by atoms with E-state index in [2.05, 4.69) is 144 Å². The zero-order valence-electron chi connectivity index (χ0n) is 32.7. The van der Waals surface area contributed by atoms with Crippen LogP contribution in [0.4, 0.5) is 0 Å². The van der Waals surface area contributed by atoms with E-state index in [1.807, 2.05) is 0 Å². The first-order chi connectivity index (χ1) is 25.1. The molecule has 0 aromatic rings. The number of fused-ring (bicyclic) bond motifs is 13. The molecule has 0 radical (unpaired) electrons. The van der Waals surface area contributed by atoms with Crippen LogP contribution in [0.1, 0.15) is 86.0 Å². The first-order valence-electron chi connectivity index (χ1n) is 21.8.